The molecule has 174 valence electrons. The molecule has 1 aliphatic rings. The van der Waals surface area contributed by atoms with E-state index < -0.39 is 30.6 Å². The Morgan fingerprint density at radius 3 is 2.18 bits per heavy atom. The van der Waals surface area contributed by atoms with Crippen molar-refractivity contribution in [1.82, 2.24) is 10.6 Å². The second-order valence-electron chi connectivity index (χ2n) is 6.81. The van der Waals surface area contributed by atoms with Crippen LogP contribution in [0.15, 0.2) is 53.7 Å². The van der Waals surface area contributed by atoms with E-state index in [-0.39, 0.29) is 34.9 Å². The molecule has 2 N–H and O–H groups in total. The maximum atomic E-state index is 12.9. The lowest BCUT2D eigenvalue weighted by Gasteiger charge is -2.29. The van der Waals surface area contributed by atoms with Crippen molar-refractivity contribution in [2.75, 3.05) is 27.4 Å². The SMILES string of the molecule is CCOC(=O)C1=C(COC(=O)c2c(OC)cccc2OC)NC(=O)NC1c1ccc(Cl)cc1. The number of nitrogens with one attached hydrogen (secondary N) is 2. The number of esters is 2. The van der Waals surface area contributed by atoms with Gasteiger partial charge in [-0.1, -0.05) is 29.8 Å². The fourth-order valence-corrected chi connectivity index (χ4v) is 3.48. The molecule has 10 heteroatoms. The molecule has 2 aromatic rings. The predicted molar refractivity (Wildman–Crippen MR) is 119 cm³/mol. The van der Waals surface area contributed by atoms with Crippen LogP contribution in [0.1, 0.15) is 28.9 Å². The van der Waals surface area contributed by atoms with Crippen LogP contribution in [-0.2, 0) is 14.3 Å². The van der Waals surface area contributed by atoms with Gasteiger partial charge in [-0.3, -0.25) is 0 Å². The summed E-state index contributed by atoms with van der Waals surface area (Å²) < 4.78 is 21.1. The van der Waals surface area contributed by atoms with E-state index in [0.717, 1.165) is 0 Å². The van der Waals surface area contributed by atoms with E-state index in [9.17, 15) is 14.4 Å². The number of benzene rings is 2. The first kappa shape index (κ1) is 23.9. The number of ether oxygens (including phenoxy) is 4. The first-order chi connectivity index (χ1) is 15.9. The van der Waals surface area contributed by atoms with E-state index in [1.165, 1.54) is 14.2 Å². The van der Waals surface area contributed by atoms with E-state index in [0.29, 0.717) is 10.6 Å². The summed E-state index contributed by atoms with van der Waals surface area (Å²) >= 11 is 5.97. The molecule has 2 aromatic carbocycles. The third kappa shape index (κ3) is 5.38. The fourth-order valence-electron chi connectivity index (χ4n) is 3.35. The molecule has 0 spiro atoms. The summed E-state index contributed by atoms with van der Waals surface area (Å²) in [4.78, 5) is 38.0. The maximum absolute atomic E-state index is 12.9. The van der Waals surface area contributed by atoms with Gasteiger partial charge >= 0.3 is 18.0 Å². The van der Waals surface area contributed by atoms with Crippen LogP contribution in [-0.4, -0.2) is 45.4 Å². The Kier molecular flexibility index (Phi) is 7.78. The van der Waals surface area contributed by atoms with Gasteiger partial charge in [-0.25, -0.2) is 14.4 Å². The zero-order chi connectivity index (χ0) is 24.0. The molecule has 9 nitrogen and oxygen atoms in total. The monoisotopic (exact) mass is 474 g/mol. The molecular formula is C23H23ClN2O7. The molecule has 33 heavy (non-hydrogen) atoms. The van der Waals surface area contributed by atoms with Gasteiger partial charge in [0, 0.05) is 5.02 Å². The molecule has 1 atom stereocenters. The topological polar surface area (TPSA) is 112 Å². The first-order valence-electron chi connectivity index (χ1n) is 10.0. The number of carbonyl (C=O) groups excluding carboxylic acids is 3. The average molecular weight is 475 g/mol. The molecular weight excluding hydrogens is 452 g/mol. The van der Waals surface area contributed by atoms with Gasteiger partial charge < -0.3 is 29.6 Å². The van der Waals surface area contributed by atoms with Crippen molar-refractivity contribution in [3.8, 4) is 11.5 Å². The molecule has 1 aliphatic heterocycles. The van der Waals surface area contributed by atoms with Crippen LogP contribution in [0.4, 0.5) is 4.79 Å². The minimum absolute atomic E-state index is 0.0790. The van der Waals surface area contributed by atoms with Gasteiger partial charge in [0.2, 0.25) is 0 Å². The second-order valence-corrected chi connectivity index (χ2v) is 7.25. The normalized spacial score (nSPS) is 15.3. The zero-order valence-corrected chi connectivity index (χ0v) is 19.0. The molecule has 0 aliphatic carbocycles. The summed E-state index contributed by atoms with van der Waals surface area (Å²) in [5.74, 6) is -0.902. The van der Waals surface area contributed by atoms with Crippen LogP contribution in [0, 0.1) is 0 Å². The van der Waals surface area contributed by atoms with Crippen molar-refractivity contribution in [2.45, 2.75) is 13.0 Å². The first-order valence-corrected chi connectivity index (χ1v) is 10.4. The molecule has 0 saturated heterocycles. The van der Waals surface area contributed by atoms with Crippen LogP contribution >= 0.6 is 11.6 Å². The molecule has 1 unspecified atom stereocenters. The molecule has 0 radical (unpaired) electrons. The van der Waals surface area contributed by atoms with E-state index in [1.807, 2.05) is 0 Å². The fraction of sp³-hybridized carbons (Fsp3) is 0.261. The molecule has 0 saturated carbocycles. The van der Waals surface area contributed by atoms with Gasteiger partial charge in [-0.05, 0) is 36.8 Å². The van der Waals surface area contributed by atoms with Crippen molar-refractivity contribution in [3.63, 3.8) is 0 Å². The van der Waals surface area contributed by atoms with Gasteiger partial charge in [0.15, 0.2) is 0 Å². The van der Waals surface area contributed by atoms with Crippen molar-refractivity contribution in [3.05, 3.63) is 69.9 Å². The summed E-state index contributed by atoms with van der Waals surface area (Å²) in [7, 11) is 2.83. The number of carbonyl (C=O) groups is 3. The molecule has 3 rings (SSSR count). The Balaban J connectivity index is 1.96. The minimum Gasteiger partial charge on any atom is -0.496 e. The Bertz CT molecular complexity index is 1060. The van der Waals surface area contributed by atoms with E-state index in [2.05, 4.69) is 10.6 Å². The number of hydrogen-bond donors (Lipinski definition) is 2. The minimum atomic E-state index is -0.829. The standard InChI is InChI=1S/C23H23ClN2O7/c1-4-32-21(27)18-15(25-23(29)26-20(18)13-8-10-14(24)11-9-13)12-33-22(28)19-16(30-2)6-5-7-17(19)31-3/h5-11,20H,4,12H2,1-3H3,(H2,25,26,29). The highest BCUT2D eigenvalue weighted by Crippen LogP contribution is 2.31. The summed E-state index contributed by atoms with van der Waals surface area (Å²) in [5, 5.41) is 5.74. The van der Waals surface area contributed by atoms with Gasteiger partial charge in [0.05, 0.1) is 38.1 Å². The van der Waals surface area contributed by atoms with Crippen LogP contribution in [0.3, 0.4) is 0 Å². The molecule has 0 bridgehead atoms. The van der Waals surface area contributed by atoms with E-state index >= 15 is 0 Å². The molecule has 0 aromatic heterocycles. The van der Waals surface area contributed by atoms with Gasteiger partial charge in [-0.15, -0.1) is 0 Å². The van der Waals surface area contributed by atoms with Crippen LogP contribution < -0.4 is 20.1 Å². The van der Waals surface area contributed by atoms with Crippen LogP contribution in [0.25, 0.3) is 0 Å². The Morgan fingerprint density at radius 2 is 1.61 bits per heavy atom. The highest BCUT2D eigenvalue weighted by molar-refractivity contribution is 6.30. The number of hydrogen-bond acceptors (Lipinski definition) is 7. The quantitative estimate of drug-likeness (QED) is 0.564. The number of amides is 2. The molecule has 1 heterocycles. The number of methoxy groups -OCH3 is 2. The van der Waals surface area contributed by atoms with E-state index in [1.54, 1.807) is 49.4 Å². The van der Waals surface area contributed by atoms with E-state index in [4.69, 9.17) is 30.5 Å². The largest absolute Gasteiger partial charge is 0.496 e. The van der Waals surface area contributed by atoms with Crippen LogP contribution in [0.5, 0.6) is 11.5 Å². The zero-order valence-electron chi connectivity index (χ0n) is 18.3. The highest BCUT2D eigenvalue weighted by atomic mass is 35.5. The molecule has 2 amide bonds. The lowest BCUT2D eigenvalue weighted by molar-refractivity contribution is -0.139. The third-order valence-corrected chi connectivity index (χ3v) is 5.08. The van der Waals surface area contributed by atoms with Gasteiger partial charge in [-0.2, -0.15) is 0 Å². The Labute approximate surface area is 195 Å². The van der Waals surface area contributed by atoms with Crippen molar-refractivity contribution < 1.29 is 33.3 Å². The predicted octanol–water partition coefficient (Wildman–Crippen LogP) is 3.39. The summed E-state index contributed by atoms with van der Waals surface area (Å²) in [6, 6.07) is 10.1. The number of rotatable bonds is 8. The Morgan fingerprint density at radius 1 is 0.970 bits per heavy atom. The Hall–Kier alpha value is -3.72. The van der Waals surface area contributed by atoms with Gasteiger partial charge in [0.25, 0.3) is 0 Å². The third-order valence-electron chi connectivity index (χ3n) is 4.83. The van der Waals surface area contributed by atoms with Crippen molar-refractivity contribution >= 4 is 29.6 Å². The number of halogens is 1. The summed E-state index contributed by atoms with van der Waals surface area (Å²) in [6.07, 6.45) is 0. The van der Waals surface area contributed by atoms with Crippen LogP contribution in [0.2, 0.25) is 5.02 Å². The van der Waals surface area contributed by atoms with Crippen molar-refractivity contribution in [1.29, 1.82) is 0 Å². The highest BCUT2D eigenvalue weighted by Gasteiger charge is 2.34. The summed E-state index contributed by atoms with van der Waals surface area (Å²) in [5.41, 5.74) is 0.890. The lowest BCUT2D eigenvalue weighted by Crippen LogP contribution is -2.47. The summed E-state index contributed by atoms with van der Waals surface area (Å²) in [6.45, 7) is 1.39. The maximum Gasteiger partial charge on any atom is 0.346 e. The van der Waals surface area contributed by atoms with Gasteiger partial charge in [0.1, 0.15) is 23.7 Å². The van der Waals surface area contributed by atoms with Crippen molar-refractivity contribution in [2.24, 2.45) is 0 Å². The lowest BCUT2D eigenvalue weighted by atomic mass is 9.95. The smallest absolute Gasteiger partial charge is 0.346 e. The number of urea groups is 1. The molecule has 0 fully saturated rings. The average Bonchev–Trinajstić information content (AvgIpc) is 2.82. The second kappa shape index (κ2) is 10.7.